The van der Waals surface area contributed by atoms with Crippen molar-refractivity contribution in [2.24, 2.45) is 11.4 Å². The average molecular weight is 529 g/mol. The number of nitrogens with zero attached hydrogens (tertiary/aromatic N) is 4. The molecule has 0 radical (unpaired) electrons. The zero-order chi connectivity index (χ0) is 27.0. The molecule has 0 saturated carbocycles. The van der Waals surface area contributed by atoms with Gasteiger partial charge < -0.3 is 15.6 Å². The Morgan fingerprint density at radius 3 is 2.42 bits per heavy atom. The summed E-state index contributed by atoms with van der Waals surface area (Å²) >= 11 is 0. The van der Waals surface area contributed by atoms with Crippen LogP contribution in [0.15, 0.2) is 65.3 Å². The summed E-state index contributed by atoms with van der Waals surface area (Å²) in [4.78, 5) is 20.8. The largest absolute Gasteiger partial charge is 0.383 e. The van der Waals surface area contributed by atoms with Gasteiger partial charge in [0.15, 0.2) is 0 Å². The van der Waals surface area contributed by atoms with Crippen molar-refractivity contribution < 1.29 is 9.00 Å². The van der Waals surface area contributed by atoms with E-state index in [0.29, 0.717) is 28.6 Å². The van der Waals surface area contributed by atoms with E-state index in [1.807, 2.05) is 54.9 Å². The number of hydrogen-bond acceptors (Lipinski definition) is 6. The third-order valence-electron chi connectivity index (χ3n) is 6.98. The fraction of sp³-hybridized carbons (Fsp3) is 0.276. The lowest BCUT2D eigenvalue weighted by molar-refractivity contribution is -0.112. The molecule has 3 N–H and O–H groups in total. The van der Waals surface area contributed by atoms with Crippen molar-refractivity contribution in [3.05, 3.63) is 66.5 Å². The molecule has 196 valence electrons. The summed E-state index contributed by atoms with van der Waals surface area (Å²) in [5.41, 5.74) is 13.7. The van der Waals surface area contributed by atoms with Gasteiger partial charge in [0.1, 0.15) is 17.8 Å². The Balaban J connectivity index is 1.64. The van der Waals surface area contributed by atoms with Gasteiger partial charge >= 0.3 is 0 Å². The maximum atomic E-state index is 13.2. The van der Waals surface area contributed by atoms with Crippen LogP contribution in [0.1, 0.15) is 31.7 Å². The highest BCUT2D eigenvalue weighted by atomic mass is 32.2. The first kappa shape index (κ1) is 25.7. The standard InChI is InChI=1S/C29H32N6O2S/c1-18(2)29(36)33-22-11-8-20(9-12-22)26-24(25-27(30)31-17-32-28(25)35(26)4)21-10-13-23(19(3)16-21)34-38(37)14-6-5-7-15-38/h8-13,16-17H,1,5-7,14-15H2,2-4H3,(H,33,36)(H2,30,31,32). The Morgan fingerprint density at radius 2 is 1.76 bits per heavy atom. The molecule has 4 aromatic rings. The SMILES string of the molecule is C=C(C)C(=O)Nc1ccc(-c2c(-c3ccc(N=S4(=O)CCCCC4)c(C)c3)c3c(N)ncnc3n2C)cc1. The Morgan fingerprint density at radius 1 is 1.08 bits per heavy atom. The normalized spacial score (nSPS) is 14.8. The zero-order valence-corrected chi connectivity index (χ0v) is 22.8. The van der Waals surface area contributed by atoms with Crippen molar-refractivity contribution in [1.82, 2.24) is 14.5 Å². The van der Waals surface area contributed by atoms with Crippen LogP contribution in [-0.2, 0) is 21.6 Å². The number of hydrogen-bond donors (Lipinski definition) is 2. The number of aromatic nitrogens is 3. The molecule has 0 aliphatic carbocycles. The van der Waals surface area contributed by atoms with Gasteiger partial charge in [-0.15, -0.1) is 0 Å². The number of carbonyl (C=O) groups excluding carboxylic acids is 1. The van der Waals surface area contributed by atoms with Gasteiger partial charge in [0.25, 0.3) is 5.91 Å². The van der Waals surface area contributed by atoms with E-state index in [1.165, 1.54) is 6.33 Å². The molecule has 9 heteroatoms. The lowest BCUT2D eigenvalue weighted by Gasteiger charge is -2.16. The number of anilines is 2. The minimum absolute atomic E-state index is 0.220. The topological polar surface area (TPSA) is 115 Å². The molecule has 3 heterocycles. The number of amides is 1. The summed E-state index contributed by atoms with van der Waals surface area (Å²) in [5.74, 6) is 1.51. The molecule has 0 spiro atoms. The fourth-order valence-corrected chi connectivity index (χ4v) is 7.22. The minimum atomic E-state index is -2.20. The first-order valence-corrected chi connectivity index (χ1v) is 14.5. The molecule has 1 aliphatic heterocycles. The van der Waals surface area contributed by atoms with E-state index in [4.69, 9.17) is 10.1 Å². The molecule has 1 amide bonds. The van der Waals surface area contributed by atoms with Gasteiger partial charge in [0.2, 0.25) is 0 Å². The molecule has 38 heavy (non-hydrogen) atoms. The molecule has 0 atom stereocenters. The Kier molecular flexibility index (Phi) is 6.79. The van der Waals surface area contributed by atoms with Gasteiger partial charge in [-0.2, -0.15) is 4.36 Å². The third kappa shape index (κ3) is 4.81. The summed E-state index contributed by atoms with van der Waals surface area (Å²) in [5, 5.41) is 3.62. The van der Waals surface area contributed by atoms with Crippen molar-refractivity contribution in [1.29, 1.82) is 0 Å². The van der Waals surface area contributed by atoms with Gasteiger partial charge in [-0.25, -0.2) is 14.2 Å². The summed E-state index contributed by atoms with van der Waals surface area (Å²) < 4.78 is 20.0. The van der Waals surface area contributed by atoms with Crippen LogP contribution >= 0.6 is 0 Å². The molecule has 2 aromatic carbocycles. The van der Waals surface area contributed by atoms with E-state index >= 15 is 0 Å². The lowest BCUT2D eigenvalue weighted by Crippen LogP contribution is -2.15. The van der Waals surface area contributed by atoms with Crippen molar-refractivity contribution in [3.8, 4) is 22.4 Å². The second kappa shape index (κ2) is 10.1. The monoisotopic (exact) mass is 528 g/mol. The number of rotatable bonds is 5. The highest BCUT2D eigenvalue weighted by molar-refractivity contribution is 7.93. The number of nitrogens with one attached hydrogen (secondary N) is 1. The first-order valence-electron chi connectivity index (χ1n) is 12.7. The minimum Gasteiger partial charge on any atom is -0.383 e. The van der Waals surface area contributed by atoms with Gasteiger partial charge in [-0.1, -0.05) is 31.2 Å². The van der Waals surface area contributed by atoms with Gasteiger partial charge in [0.05, 0.1) is 26.5 Å². The smallest absolute Gasteiger partial charge is 0.250 e. The second-order valence-corrected chi connectivity index (χ2v) is 12.4. The van der Waals surface area contributed by atoms with E-state index in [1.54, 1.807) is 6.92 Å². The molecule has 1 aliphatic rings. The van der Waals surface area contributed by atoms with Crippen molar-refractivity contribution in [3.63, 3.8) is 0 Å². The van der Waals surface area contributed by atoms with E-state index in [2.05, 4.69) is 27.9 Å². The van der Waals surface area contributed by atoms with Gasteiger partial charge in [-0.05, 0) is 67.6 Å². The fourth-order valence-electron chi connectivity index (χ4n) is 4.96. The lowest BCUT2D eigenvalue weighted by atomic mass is 9.97. The number of fused-ring (bicyclic) bond motifs is 1. The van der Waals surface area contributed by atoms with Crippen LogP contribution < -0.4 is 11.1 Å². The zero-order valence-electron chi connectivity index (χ0n) is 22.0. The van der Waals surface area contributed by atoms with E-state index in [-0.39, 0.29) is 5.91 Å². The average Bonchev–Trinajstić information content (AvgIpc) is 3.19. The maximum Gasteiger partial charge on any atom is 0.250 e. The van der Waals surface area contributed by atoms with Crippen LogP contribution in [0.3, 0.4) is 0 Å². The Labute approximate surface area is 223 Å². The third-order valence-corrected chi connectivity index (χ3v) is 9.36. The number of aryl methyl sites for hydroxylation is 2. The molecule has 2 aromatic heterocycles. The highest BCUT2D eigenvalue weighted by Gasteiger charge is 2.23. The van der Waals surface area contributed by atoms with Crippen molar-refractivity contribution in [2.45, 2.75) is 33.1 Å². The van der Waals surface area contributed by atoms with E-state index in [0.717, 1.165) is 63.9 Å². The van der Waals surface area contributed by atoms with Crippen LogP contribution in [0.2, 0.25) is 0 Å². The predicted octanol–water partition coefficient (Wildman–Crippen LogP) is 5.99. The molecular formula is C29H32N6O2S. The summed E-state index contributed by atoms with van der Waals surface area (Å²) in [6.45, 7) is 7.36. The number of benzene rings is 2. The Bertz CT molecular complexity index is 1680. The number of nitrogen functional groups attached to an aromatic ring is 1. The van der Waals surface area contributed by atoms with E-state index in [9.17, 15) is 9.00 Å². The van der Waals surface area contributed by atoms with Crippen LogP contribution in [0.5, 0.6) is 0 Å². The van der Waals surface area contributed by atoms with Crippen LogP contribution in [0.4, 0.5) is 17.2 Å². The summed E-state index contributed by atoms with van der Waals surface area (Å²) in [7, 11) is -0.251. The molecule has 1 saturated heterocycles. The van der Waals surface area contributed by atoms with Crippen molar-refractivity contribution in [2.75, 3.05) is 22.6 Å². The van der Waals surface area contributed by atoms with Crippen molar-refractivity contribution >= 4 is 43.9 Å². The van der Waals surface area contributed by atoms with E-state index < -0.39 is 9.73 Å². The highest BCUT2D eigenvalue weighted by Crippen LogP contribution is 2.42. The number of carbonyl (C=O) groups is 1. The second-order valence-electron chi connectivity index (χ2n) is 9.89. The summed E-state index contributed by atoms with van der Waals surface area (Å²) in [6, 6.07) is 13.7. The van der Waals surface area contributed by atoms with Crippen LogP contribution in [-0.4, -0.2) is 36.2 Å². The number of nitrogens with two attached hydrogens (primary N) is 1. The quantitative estimate of drug-likeness (QED) is 0.309. The molecule has 5 rings (SSSR count). The van der Waals surface area contributed by atoms with Crippen LogP contribution in [0.25, 0.3) is 33.4 Å². The van der Waals surface area contributed by atoms with Gasteiger partial charge in [0, 0.05) is 35.4 Å². The first-order chi connectivity index (χ1) is 18.2. The molecule has 0 unspecified atom stereocenters. The van der Waals surface area contributed by atoms with Gasteiger partial charge in [-0.3, -0.25) is 4.79 Å². The molecule has 8 nitrogen and oxygen atoms in total. The Hall–Kier alpha value is -3.98. The molecular weight excluding hydrogens is 496 g/mol. The molecule has 1 fully saturated rings. The maximum absolute atomic E-state index is 13.2. The predicted molar refractivity (Wildman–Crippen MR) is 156 cm³/mol. The summed E-state index contributed by atoms with van der Waals surface area (Å²) in [6.07, 6.45) is 4.52. The van der Waals surface area contributed by atoms with Crippen LogP contribution in [0, 0.1) is 6.92 Å². The molecule has 0 bridgehead atoms.